The minimum Gasteiger partial charge on any atom is -0.376 e. The van der Waals surface area contributed by atoms with Gasteiger partial charge < -0.3 is 5.11 Å². The second-order valence-electron chi connectivity index (χ2n) is 2.54. The third-order valence-corrected chi connectivity index (χ3v) is 1.64. The normalized spacial score (nSPS) is 12.5. The summed E-state index contributed by atoms with van der Waals surface area (Å²) in [5.41, 5.74) is 0.187. The van der Waals surface area contributed by atoms with E-state index in [4.69, 9.17) is 11.5 Å². The zero-order chi connectivity index (χ0) is 9.84. The number of alkyl halides is 2. The summed E-state index contributed by atoms with van der Waals surface area (Å²) in [6.07, 6.45) is 1.29. The topological polar surface area (TPSA) is 20.2 Å². The molecule has 0 heterocycles. The molecule has 3 heteroatoms. The van der Waals surface area contributed by atoms with Crippen molar-refractivity contribution >= 4 is 0 Å². The molecule has 0 aliphatic carbocycles. The first-order valence-corrected chi connectivity index (χ1v) is 3.67. The summed E-state index contributed by atoms with van der Waals surface area (Å²) in [5.74, 6) is 2.06. The molecule has 0 saturated carbocycles. The van der Waals surface area contributed by atoms with Crippen LogP contribution in [0.15, 0.2) is 24.3 Å². The van der Waals surface area contributed by atoms with Gasteiger partial charge in [0.2, 0.25) is 0 Å². The maximum Gasteiger partial charge on any atom is 0.263 e. The van der Waals surface area contributed by atoms with E-state index in [2.05, 4.69) is 5.92 Å². The van der Waals surface area contributed by atoms with Crippen LogP contribution in [-0.2, 0) is 0 Å². The van der Waals surface area contributed by atoms with Crippen molar-refractivity contribution in [2.75, 3.05) is 0 Å². The summed E-state index contributed by atoms with van der Waals surface area (Å²) >= 11 is 0. The lowest BCUT2D eigenvalue weighted by Gasteiger charge is -2.05. The van der Waals surface area contributed by atoms with Crippen molar-refractivity contribution in [1.29, 1.82) is 0 Å². The fraction of sp³-hybridized carbons (Fsp3) is 0.200. The Balaban J connectivity index is 3.00. The molecule has 0 saturated heterocycles. The van der Waals surface area contributed by atoms with Gasteiger partial charge in [-0.25, -0.2) is 8.78 Å². The van der Waals surface area contributed by atoms with Crippen LogP contribution in [0.3, 0.4) is 0 Å². The van der Waals surface area contributed by atoms with Crippen molar-refractivity contribution in [3.05, 3.63) is 35.4 Å². The molecular formula is C10H8F2O. The standard InChI is InChI=1S/C10H8F2O/c1-2-9(13)7-4-3-5-8(6-7)10(11)12/h1,3-6,9-10,13H. The highest BCUT2D eigenvalue weighted by molar-refractivity contribution is 5.29. The van der Waals surface area contributed by atoms with E-state index >= 15 is 0 Å². The zero-order valence-corrected chi connectivity index (χ0v) is 6.74. The second kappa shape index (κ2) is 4.01. The van der Waals surface area contributed by atoms with E-state index in [1.807, 2.05) is 0 Å². The highest BCUT2D eigenvalue weighted by Gasteiger charge is 2.09. The van der Waals surface area contributed by atoms with Crippen LogP contribution >= 0.6 is 0 Å². The second-order valence-corrected chi connectivity index (χ2v) is 2.54. The molecule has 0 aromatic heterocycles. The molecule has 0 fully saturated rings. The van der Waals surface area contributed by atoms with E-state index in [0.29, 0.717) is 5.56 Å². The quantitative estimate of drug-likeness (QED) is 0.696. The third-order valence-electron chi connectivity index (χ3n) is 1.64. The van der Waals surface area contributed by atoms with Crippen LogP contribution in [0, 0.1) is 12.3 Å². The van der Waals surface area contributed by atoms with Crippen LogP contribution in [-0.4, -0.2) is 5.11 Å². The van der Waals surface area contributed by atoms with Gasteiger partial charge in [0.15, 0.2) is 0 Å². The van der Waals surface area contributed by atoms with E-state index in [0.717, 1.165) is 0 Å². The van der Waals surface area contributed by atoms with Gasteiger partial charge in [-0.2, -0.15) is 0 Å². The van der Waals surface area contributed by atoms with Gasteiger partial charge in [0, 0.05) is 5.56 Å². The first-order chi connectivity index (χ1) is 6.15. The first kappa shape index (κ1) is 9.69. The average Bonchev–Trinajstić information content (AvgIpc) is 2.17. The number of hydrogen-bond donors (Lipinski definition) is 1. The van der Waals surface area contributed by atoms with Crippen LogP contribution in [0.2, 0.25) is 0 Å². The molecule has 13 heavy (non-hydrogen) atoms. The van der Waals surface area contributed by atoms with Crippen molar-refractivity contribution in [2.45, 2.75) is 12.5 Å². The monoisotopic (exact) mass is 182 g/mol. The molecule has 68 valence electrons. The molecule has 1 unspecified atom stereocenters. The Morgan fingerprint density at radius 2 is 1.92 bits per heavy atom. The molecule has 1 aromatic rings. The smallest absolute Gasteiger partial charge is 0.263 e. The van der Waals surface area contributed by atoms with E-state index in [1.54, 1.807) is 0 Å². The molecule has 1 N–H and O–H groups in total. The van der Waals surface area contributed by atoms with Crippen LogP contribution in [0.25, 0.3) is 0 Å². The molecule has 1 nitrogen and oxygen atoms in total. The highest BCUT2D eigenvalue weighted by Crippen LogP contribution is 2.22. The molecular weight excluding hydrogens is 174 g/mol. The van der Waals surface area contributed by atoms with Crippen molar-refractivity contribution in [3.8, 4) is 12.3 Å². The molecule has 1 atom stereocenters. The minimum absolute atomic E-state index is 0.133. The molecule has 0 radical (unpaired) electrons. The van der Waals surface area contributed by atoms with Crippen LogP contribution in [0.4, 0.5) is 8.78 Å². The Kier molecular flexibility index (Phi) is 2.99. The van der Waals surface area contributed by atoms with Gasteiger partial charge in [0.25, 0.3) is 6.43 Å². The van der Waals surface area contributed by atoms with Gasteiger partial charge in [-0.3, -0.25) is 0 Å². The fourth-order valence-electron chi connectivity index (χ4n) is 0.961. The summed E-state index contributed by atoms with van der Waals surface area (Å²) in [4.78, 5) is 0. The van der Waals surface area contributed by atoms with Gasteiger partial charge in [-0.05, 0) is 11.6 Å². The Labute approximate surface area is 75.0 Å². The molecule has 0 amide bonds. The summed E-state index contributed by atoms with van der Waals surface area (Å²) in [6.45, 7) is 0. The van der Waals surface area contributed by atoms with E-state index in [1.165, 1.54) is 24.3 Å². The molecule has 1 aromatic carbocycles. The predicted octanol–water partition coefficient (Wildman–Crippen LogP) is 2.29. The highest BCUT2D eigenvalue weighted by atomic mass is 19.3. The predicted molar refractivity (Wildman–Crippen MR) is 45.2 cm³/mol. The number of rotatable bonds is 2. The Morgan fingerprint density at radius 1 is 1.31 bits per heavy atom. The fourth-order valence-corrected chi connectivity index (χ4v) is 0.961. The number of halogens is 2. The van der Waals surface area contributed by atoms with Gasteiger partial charge >= 0.3 is 0 Å². The lowest BCUT2D eigenvalue weighted by atomic mass is 10.1. The molecule has 0 spiro atoms. The molecule has 0 aliphatic heterocycles. The van der Waals surface area contributed by atoms with Crippen molar-refractivity contribution < 1.29 is 13.9 Å². The van der Waals surface area contributed by atoms with Crippen molar-refractivity contribution in [3.63, 3.8) is 0 Å². The van der Waals surface area contributed by atoms with Gasteiger partial charge in [0.05, 0.1) is 0 Å². The summed E-state index contributed by atoms with van der Waals surface area (Å²) in [6, 6.07) is 5.44. The average molecular weight is 182 g/mol. The number of aliphatic hydroxyl groups is 1. The third kappa shape index (κ3) is 2.27. The molecule has 0 bridgehead atoms. The zero-order valence-electron chi connectivity index (χ0n) is 6.74. The number of terminal acetylenes is 1. The Hall–Kier alpha value is -1.40. The van der Waals surface area contributed by atoms with E-state index in [9.17, 15) is 8.78 Å². The molecule has 0 aliphatic rings. The van der Waals surface area contributed by atoms with Gasteiger partial charge in [-0.1, -0.05) is 24.1 Å². The molecule has 1 rings (SSSR count). The Morgan fingerprint density at radius 3 is 2.46 bits per heavy atom. The summed E-state index contributed by atoms with van der Waals surface area (Å²) in [7, 11) is 0. The summed E-state index contributed by atoms with van der Waals surface area (Å²) < 4.78 is 24.4. The van der Waals surface area contributed by atoms with Crippen LogP contribution < -0.4 is 0 Å². The van der Waals surface area contributed by atoms with Gasteiger partial charge in [-0.15, -0.1) is 6.42 Å². The van der Waals surface area contributed by atoms with Crippen molar-refractivity contribution in [2.24, 2.45) is 0 Å². The number of benzene rings is 1. The van der Waals surface area contributed by atoms with Crippen LogP contribution in [0.5, 0.6) is 0 Å². The van der Waals surface area contributed by atoms with E-state index < -0.39 is 12.5 Å². The SMILES string of the molecule is C#CC(O)c1cccc(C(F)F)c1. The maximum atomic E-state index is 12.2. The van der Waals surface area contributed by atoms with Crippen LogP contribution in [0.1, 0.15) is 23.7 Å². The minimum atomic E-state index is -2.54. The first-order valence-electron chi connectivity index (χ1n) is 3.67. The van der Waals surface area contributed by atoms with Crippen molar-refractivity contribution in [1.82, 2.24) is 0 Å². The maximum absolute atomic E-state index is 12.2. The Bertz CT molecular complexity index is 328. The number of hydrogen-bond acceptors (Lipinski definition) is 1. The summed E-state index contributed by atoms with van der Waals surface area (Å²) in [5, 5.41) is 9.15. The largest absolute Gasteiger partial charge is 0.376 e. The lowest BCUT2D eigenvalue weighted by molar-refractivity contribution is 0.151. The number of aliphatic hydroxyl groups excluding tert-OH is 1. The van der Waals surface area contributed by atoms with E-state index in [-0.39, 0.29) is 5.56 Å². The van der Waals surface area contributed by atoms with Gasteiger partial charge in [0.1, 0.15) is 6.10 Å². The lowest BCUT2D eigenvalue weighted by Crippen LogP contribution is -1.94.